The summed E-state index contributed by atoms with van der Waals surface area (Å²) in [5.41, 5.74) is 6.06. The van der Waals surface area contributed by atoms with Crippen molar-refractivity contribution in [2.24, 2.45) is 0 Å². The molecule has 2 aromatic carbocycles. The van der Waals surface area contributed by atoms with Crippen LogP contribution in [0.1, 0.15) is 24.0 Å². The van der Waals surface area contributed by atoms with Gasteiger partial charge in [0.2, 0.25) is 0 Å². The fourth-order valence-corrected chi connectivity index (χ4v) is 11.7. The van der Waals surface area contributed by atoms with Crippen LogP contribution in [0.25, 0.3) is 11.1 Å². The first-order chi connectivity index (χ1) is 11.9. The van der Waals surface area contributed by atoms with Crippen LogP contribution < -0.4 is 28.1 Å². The number of halogens is 2. The van der Waals surface area contributed by atoms with Gasteiger partial charge in [0.05, 0.1) is 0 Å². The second-order valence-electron chi connectivity index (χ2n) is 6.69. The quantitative estimate of drug-likeness (QED) is 0.483. The molecular weight excluding hydrogens is 438 g/mol. The van der Waals surface area contributed by atoms with Crippen LogP contribution in [0, 0.1) is 0 Å². The van der Waals surface area contributed by atoms with Crippen LogP contribution in [-0.2, 0) is 28.2 Å². The fourth-order valence-electron chi connectivity index (χ4n) is 4.21. The number of rotatable bonds is 3. The van der Waals surface area contributed by atoms with Crippen molar-refractivity contribution in [3.63, 3.8) is 0 Å². The van der Waals surface area contributed by atoms with Crippen LogP contribution in [0.15, 0.2) is 85.5 Å². The van der Waals surface area contributed by atoms with E-state index in [0.717, 1.165) is 6.42 Å². The minimum Gasteiger partial charge on any atom is -1.00 e. The molecule has 0 spiro atoms. The van der Waals surface area contributed by atoms with Gasteiger partial charge in [-0.25, -0.2) is 0 Å². The molecule has 3 heteroatoms. The van der Waals surface area contributed by atoms with E-state index in [1.165, 1.54) is 29.5 Å². The summed E-state index contributed by atoms with van der Waals surface area (Å²) in [4.78, 5) is 0. The molecule has 0 nitrogen and oxygen atoms in total. The Bertz CT molecular complexity index is 920. The summed E-state index contributed by atoms with van der Waals surface area (Å²) in [5.74, 6) is 0. The van der Waals surface area contributed by atoms with Crippen LogP contribution in [-0.4, -0.2) is 0 Å². The molecule has 0 heterocycles. The Hall–Kier alpha value is -1.14. The van der Waals surface area contributed by atoms with Crippen LogP contribution in [0.3, 0.4) is 0 Å². The zero-order valence-electron chi connectivity index (χ0n) is 14.4. The van der Waals surface area contributed by atoms with Gasteiger partial charge in [0.25, 0.3) is 0 Å². The Morgan fingerprint density at radius 3 is 2.00 bits per heavy atom. The van der Waals surface area contributed by atoms with Gasteiger partial charge >= 0.3 is 152 Å². The first kappa shape index (κ1) is 19.6. The van der Waals surface area contributed by atoms with Gasteiger partial charge in [-0.15, -0.1) is 0 Å². The molecule has 129 valence electrons. The predicted molar refractivity (Wildman–Crippen MR) is 98.0 cm³/mol. The molecule has 0 aromatic heterocycles. The largest absolute Gasteiger partial charge is 1.00 e. The molecule has 0 saturated carbocycles. The van der Waals surface area contributed by atoms with Gasteiger partial charge in [-0.2, -0.15) is 0 Å². The van der Waals surface area contributed by atoms with Gasteiger partial charge in [-0.3, -0.25) is 0 Å². The molecule has 3 aliphatic carbocycles. The Morgan fingerprint density at radius 1 is 0.692 bits per heavy atom. The van der Waals surface area contributed by atoms with E-state index in [0.29, 0.717) is 0 Å². The van der Waals surface area contributed by atoms with Gasteiger partial charge in [-0.05, 0) is 0 Å². The van der Waals surface area contributed by atoms with Crippen molar-refractivity contribution >= 4 is 3.27 Å². The maximum Gasteiger partial charge on any atom is -1.00 e. The summed E-state index contributed by atoms with van der Waals surface area (Å²) >= 11 is -1.99. The Labute approximate surface area is 175 Å². The number of fused-ring (bicyclic) bond motifs is 3. The molecular formula is C23H19Cl2Zr. The Balaban J connectivity index is 0.000000980. The zero-order valence-corrected chi connectivity index (χ0v) is 18.4. The van der Waals surface area contributed by atoms with E-state index in [9.17, 15) is 0 Å². The van der Waals surface area contributed by atoms with Crippen molar-refractivity contribution in [1.29, 1.82) is 0 Å². The maximum atomic E-state index is 2.44. The Kier molecular flexibility index (Phi) is 6.23. The predicted octanol–water partition coefficient (Wildman–Crippen LogP) is -0.803. The molecule has 0 radical (unpaired) electrons. The van der Waals surface area contributed by atoms with Gasteiger partial charge in [0, 0.05) is 0 Å². The number of hydrogen-bond donors (Lipinski definition) is 0. The van der Waals surface area contributed by atoms with E-state index in [1.807, 2.05) is 0 Å². The maximum absolute atomic E-state index is 2.44. The Morgan fingerprint density at radius 2 is 1.35 bits per heavy atom. The monoisotopic (exact) mass is 455 g/mol. The van der Waals surface area contributed by atoms with Crippen molar-refractivity contribution in [2.45, 2.75) is 19.3 Å². The first-order valence-electron chi connectivity index (χ1n) is 8.71. The second kappa shape index (κ2) is 8.26. The average molecular weight is 458 g/mol. The third-order valence-electron chi connectivity index (χ3n) is 5.30. The van der Waals surface area contributed by atoms with Crippen molar-refractivity contribution in [3.8, 4) is 11.1 Å². The molecule has 3 aliphatic rings. The van der Waals surface area contributed by atoms with E-state index in [1.54, 1.807) is 15.4 Å². The van der Waals surface area contributed by atoms with Crippen LogP contribution in [0.5, 0.6) is 0 Å². The molecule has 0 amide bonds. The number of benzene rings is 2. The minimum absolute atomic E-state index is 0. The third-order valence-corrected chi connectivity index (χ3v) is 12.8. The third kappa shape index (κ3) is 3.26. The molecule has 0 atom stereocenters. The van der Waals surface area contributed by atoms with Crippen LogP contribution in [0.2, 0.25) is 0 Å². The molecule has 0 unspecified atom stereocenters. The summed E-state index contributed by atoms with van der Waals surface area (Å²) in [6, 6.07) is 16.0. The van der Waals surface area contributed by atoms with E-state index in [2.05, 4.69) is 78.9 Å². The standard InChI is InChI=1S/C13H9.2C5H5.2ClH.Zr/c1-3-7-12-10(5-1)9-11-6-2-4-8-13(11)12;2*1-2-4-5-3-1;;;/h1-5,7-8H,9H2;2*1-3H,4H2;2*1H;/q;;;;;+2/p-2. The van der Waals surface area contributed by atoms with Crippen molar-refractivity contribution in [1.82, 2.24) is 0 Å². The SMILES string of the molecule is C1=CC[C]([Zr+2]([C]2=CC=CC2)[c]2cccc3c2Cc2ccccc2-3)=C1.[Cl-].[Cl-]. The summed E-state index contributed by atoms with van der Waals surface area (Å²) in [7, 11) is 0. The summed E-state index contributed by atoms with van der Waals surface area (Å²) in [6.45, 7) is 0. The van der Waals surface area contributed by atoms with Crippen LogP contribution in [0.4, 0.5) is 0 Å². The summed E-state index contributed by atoms with van der Waals surface area (Å²) in [6.07, 6.45) is 17.5. The fraction of sp³-hybridized carbons (Fsp3) is 0.130. The number of allylic oxidation sites excluding steroid dienone is 8. The van der Waals surface area contributed by atoms with Gasteiger partial charge < -0.3 is 24.8 Å². The smallest absolute Gasteiger partial charge is 1.00 e. The topological polar surface area (TPSA) is 0 Å². The minimum atomic E-state index is -1.99. The van der Waals surface area contributed by atoms with Crippen molar-refractivity contribution in [3.05, 3.63) is 96.6 Å². The van der Waals surface area contributed by atoms with E-state index in [-0.39, 0.29) is 24.8 Å². The van der Waals surface area contributed by atoms with Crippen LogP contribution >= 0.6 is 0 Å². The van der Waals surface area contributed by atoms with Crippen molar-refractivity contribution in [2.75, 3.05) is 0 Å². The van der Waals surface area contributed by atoms with Gasteiger partial charge in [0.15, 0.2) is 0 Å². The van der Waals surface area contributed by atoms with Gasteiger partial charge in [-0.1, -0.05) is 0 Å². The second-order valence-corrected chi connectivity index (χ2v) is 13.0. The summed E-state index contributed by atoms with van der Waals surface area (Å²) < 4.78 is 5.17. The van der Waals surface area contributed by atoms with Crippen molar-refractivity contribution < 1.29 is 46.6 Å². The molecule has 5 rings (SSSR count). The zero-order chi connectivity index (χ0) is 15.9. The van der Waals surface area contributed by atoms with E-state index < -0.39 is 21.8 Å². The number of hydrogen-bond acceptors (Lipinski definition) is 0. The summed E-state index contributed by atoms with van der Waals surface area (Å²) in [5, 5.41) is 0. The molecule has 0 fully saturated rings. The molecule has 0 N–H and O–H groups in total. The van der Waals surface area contributed by atoms with Gasteiger partial charge in [0.1, 0.15) is 0 Å². The first-order valence-corrected chi connectivity index (χ1v) is 12.4. The van der Waals surface area contributed by atoms with E-state index in [4.69, 9.17) is 0 Å². The molecule has 2 aromatic rings. The molecule has 0 saturated heterocycles. The normalized spacial score (nSPS) is 15.5. The molecule has 26 heavy (non-hydrogen) atoms. The average Bonchev–Trinajstić information content (AvgIpc) is 3.37. The molecule has 0 aliphatic heterocycles. The molecule has 0 bridgehead atoms. The van der Waals surface area contributed by atoms with E-state index >= 15 is 0 Å².